The minimum atomic E-state index is 0.240. The monoisotopic (exact) mass is 217 g/mol. The molecule has 0 unspecified atom stereocenters. The van der Waals surface area contributed by atoms with Gasteiger partial charge in [0.25, 0.3) is 0 Å². The topological polar surface area (TPSA) is 53.1 Å². The van der Waals surface area contributed by atoms with Gasteiger partial charge in [-0.1, -0.05) is 37.3 Å². The molecule has 1 fully saturated rings. The van der Waals surface area contributed by atoms with Gasteiger partial charge in [0, 0.05) is 25.6 Å². The average Bonchev–Trinajstić information content (AvgIpc) is 2.61. The van der Waals surface area contributed by atoms with E-state index >= 15 is 0 Å². The minimum Gasteiger partial charge on any atom is -0.387 e. The standard InChI is InChI=1S/C13H19N3/c1-10-7-16(9-12(10)13(14)15)8-11-5-3-2-4-6-11/h2-6,10,12H,7-9H2,1H3,(H3,14,15)/t10-,12+/m0/s1. The summed E-state index contributed by atoms with van der Waals surface area (Å²) in [6.07, 6.45) is 0. The van der Waals surface area contributed by atoms with E-state index in [1.807, 2.05) is 6.07 Å². The van der Waals surface area contributed by atoms with Crippen LogP contribution in [0, 0.1) is 17.2 Å². The van der Waals surface area contributed by atoms with Crippen molar-refractivity contribution in [2.45, 2.75) is 13.5 Å². The summed E-state index contributed by atoms with van der Waals surface area (Å²) in [7, 11) is 0. The summed E-state index contributed by atoms with van der Waals surface area (Å²) >= 11 is 0. The number of hydrogen-bond donors (Lipinski definition) is 2. The fraction of sp³-hybridized carbons (Fsp3) is 0.462. The first-order chi connectivity index (χ1) is 7.66. The van der Waals surface area contributed by atoms with Crippen molar-refractivity contribution in [3.8, 4) is 0 Å². The quantitative estimate of drug-likeness (QED) is 0.598. The molecule has 3 heteroatoms. The van der Waals surface area contributed by atoms with Crippen LogP contribution in [0.15, 0.2) is 30.3 Å². The predicted octanol–water partition coefficient (Wildman–Crippen LogP) is 1.69. The highest BCUT2D eigenvalue weighted by Gasteiger charge is 2.31. The first-order valence-electron chi connectivity index (χ1n) is 5.77. The molecule has 86 valence electrons. The lowest BCUT2D eigenvalue weighted by Crippen LogP contribution is -2.28. The van der Waals surface area contributed by atoms with Crippen LogP contribution in [-0.2, 0) is 6.54 Å². The molecule has 0 radical (unpaired) electrons. The summed E-state index contributed by atoms with van der Waals surface area (Å²) in [5.74, 6) is 1.08. The van der Waals surface area contributed by atoms with Crippen molar-refractivity contribution >= 4 is 5.84 Å². The van der Waals surface area contributed by atoms with Gasteiger partial charge in [0.05, 0.1) is 5.84 Å². The molecule has 0 saturated carbocycles. The molecule has 2 atom stereocenters. The van der Waals surface area contributed by atoms with Crippen LogP contribution in [0.25, 0.3) is 0 Å². The van der Waals surface area contributed by atoms with Crippen LogP contribution in [-0.4, -0.2) is 23.8 Å². The van der Waals surface area contributed by atoms with Gasteiger partial charge in [-0.15, -0.1) is 0 Å². The van der Waals surface area contributed by atoms with Crippen LogP contribution >= 0.6 is 0 Å². The van der Waals surface area contributed by atoms with Crippen molar-refractivity contribution in [3.05, 3.63) is 35.9 Å². The zero-order chi connectivity index (χ0) is 11.5. The fourth-order valence-electron chi connectivity index (χ4n) is 2.44. The molecule has 0 aliphatic carbocycles. The Balaban J connectivity index is 1.96. The van der Waals surface area contributed by atoms with Crippen molar-refractivity contribution in [1.29, 1.82) is 5.41 Å². The second kappa shape index (κ2) is 4.66. The van der Waals surface area contributed by atoms with Gasteiger partial charge in [-0.05, 0) is 11.5 Å². The molecule has 1 aromatic carbocycles. The van der Waals surface area contributed by atoms with Crippen molar-refractivity contribution < 1.29 is 0 Å². The Labute approximate surface area is 96.8 Å². The number of nitrogens with one attached hydrogen (secondary N) is 1. The van der Waals surface area contributed by atoms with E-state index in [0.717, 1.165) is 19.6 Å². The number of nitrogens with two attached hydrogens (primary N) is 1. The lowest BCUT2D eigenvalue weighted by atomic mass is 9.97. The maximum absolute atomic E-state index is 7.54. The number of rotatable bonds is 3. The third kappa shape index (κ3) is 2.42. The Morgan fingerprint density at radius 3 is 2.62 bits per heavy atom. The van der Waals surface area contributed by atoms with Crippen LogP contribution in [0.3, 0.4) is 0 Å². The highest BCUT2D eigenvalue weighted by molar-refractivity contribution is 5.80. The minimum absolute atomic E-state index is 0.240. The van der Waals surface area contributed by atoms with E-state index < -0.39 is 0 Å². The van der Waals surface area contributed by atoms with E-state index in [0.29, 0.717) is 11.8 Å². The molecule has 1 aromatic rings. The summed E-state index contributed by atoms with van der Waals surface area (Å²) in [6, 6.07) is 10.5. The summed E-state index contributed by atoms with van der Waals surface area (Å²) < 4.78 is 0. The second-order valence-corrected chi connectivity index (χ2v) is 4.72. The number of benzene rings is 1. The summed E-state index contributed by atoms with van der Waals surface area (Å²) in [6.45, 7) is 5.11. The molecule has 3 N–H and O–H groups in total. The largest absolute Gasteiger partial charge is 0.387 e. The lowest BCUT2D eigenvalue weighted by molar-refractivity contribution is 0.318. The van der Waals surface area contributed by atoms with Crippen molar-refractivity contribution in [1.82, 2.24) is 4.90 Å². The maximum Gasteiger partial charge on any atom is 0.0953 e. The summed E-state index contributed by atoms with van der Waals surface area (Å²) in [4.78, 5) is 2.38. The summed E-state index contributed by atoms with van der Waals surface area (Å²) in [5.41, 5.74) is 6.93. The van der Waals surface area contributed by atoms with E-state index in [4.69, 9.17) is 11.1 Å². The molecule has 1 aliphatic heterocycles. The lowest BCUT2D eigenvalue weighted by Gasteiger charge is -2.15. The van der Waals surface area contributed by atoms with Gasteiger partial charge in [-0.3, -0.25) is 10.3 Å². The summed E-state index contributed by atoms with van der Waals surface area (Å²) in [5, 5.41) is 7.54. The van der Waals surface area contributed by atoms with Crippen molar-refractivity contribution in [3.63, 3.8) is 0 Å². The van der Waals surface area contributed by atoms with Gasteiger partial charge >= 0.3 is 0 Å². The third-order valence-electron chi connectivity index (χ3n) is 3.34. The predicted molar refractivity (Wildman–Crippen MR) is 66.3 cm³/mol. The first kappa shape index (κ1) is 11.1. The molecular weight excluding hydrogens is 198 g/mol. The Hall–Kier alpha value is -1.35. The third-order valence-corrected chi connectivity index (χ3v) is 3.34. The van der Waals surface area contributed by atoms with E-state index in [2.05, 4.69) is 36.1 Å². The molecule has 1 heterocycles. The number of likely N-dealkylation sites (tertiary alicyclic amines) is 1. The van der Waals surface area contributed by atoms with E-state index in [1.54, 1.807) is 0 Å². The van der Waals surface area contributed by atoms with Gasteiger partial charge < -0.3 is 5.73 Å². The average molecular weight is 217 g/mol. The highest BCUT2D eigenvalue weighted by Crippen LogP contribution is 2.24. The Morgan fingerprint density at radius 2 is 2.06 bits per heavy atom. The normalized spacial score (nSPS) is 25.8. The molecule has 3 nitrogen and oxygen atoms in total. The van der Waals surface area contributed by atoms with Gasteiger partial charge in [0.1, 0.15) is 0 Å². The van der Waals surface area contributed by atoms with Crippen LogP contribution in [0.2, 0.25) is 0 Å². The second-order valence-electron chi connectivity index (χ2n) is 4.72. The SMILES string of the molecule is C[C@H]1CN(Cc2ccccc2)C[C@H]1C(=N)N. The van der Waals surface area contributed by atoms with Crippen LogP contribution in [0.5, 0.6) is 0 Å². The molecular formula is C13H19N3. The van der Waals surface area contributed by atoms with Crippen molar-refractivity contribution in [2.24, 2.45) is 17.6 Å². The van der Waals surface area contributed by atoms with Gasteiger partial charge in [0.15, 0.2) is 0 Å². The zero-order valence-electron chi connectivity index (χ0n) is 9.69. The van der Waals surface area contributed by atoms with Gasteiger partial charge in [-0.25, -0.2) is 0 Å². The Bertz CT molecular complexity index is 361. The smallest absolute Gasteiger partial charge is 0.0953 e. The number of amidine groups is 1. The van der Waals surface area contributed by atoms with Gasteiger partial charge in [0.2, 0.25) is 0 Å². The molecule has 1 aliphatic rings. The van der Waals surface area contributed by atoms with Crippen LogP contribution < -0.4 is 5.73 Å². The highest BCUT2D eigenvalue weighted by atomic mass is 15.2. The van der Waals surface area contributed by atoms with Crippen LogP contribution in [0.1, 0.15) is 12.5 Å². The molecule has 1 saturated heterocycles. The zero-order valence-corrected chi connectivity index (χ0v) is 9.69. The molecule has 16 heavy (non-hydrogen) atoms. The molecule has 0 amide bonds. The first-order valence-corrected chi connectivity index (χ1v) is 5.77. The van der Waals surface area contributed by atoms with Crippen molar-refractivity contribution in [2.75, 3.05) is 13.1 Å². The molecule has 2 rings (SSSR count). The maximum atomic E-state index is 7.54. The Kier molecular flexibility index (Phi) is 3.25. The fourth-order valence-corrected chi connectivity index (χ4v) is 2.44. The molecule has 0 bridgehead atoms. The van der Waals surface area contributed by atoms with E-state index in [-0.39, 0.29) is 5.92 Å². The molecule has 0 spiro atoms. The Morgan fingerprint density at radius 1 is 1.38 bits per heavy atom. The van der Waals surface area contributed by atoms with Crippen LogP contribution in [0.4, 0.5) is 0 Å². The van der Waals surface area contributed by atoms with E-state index in [9.17, 15) is 0 Å². The van der Waals surface area contributed by atoms with E-state index in [1.165, 1.54) is 5.56 Å². The van der Waals surface area contributed by atoms with Gasteiger partial charge in [-0.2, -0.15) is 0 Å². The number of hydrogen-bond acceptors (Lipinski definition) is 2. The number of nitrogens with zero attached hydrogens (tertiary/aromatic N) is 1. The molecule has 0 aromatic heterocycles.